The van der Waals surface area contributed by atoms with E-state index in [-0.39, 0.29) is 10.6 Å². The van der Waals surface area contributed by atoms with Crippen molar-refractivity contribution >= 4 is 21.7 Å². The van der Waals surface area contributed by atoms with E-state index in [2.05, 4.69) is 9.46 Å². The van der Waals surface area contributed by atoms with Gasteiger partial charge in [-0.3, -0.25) is 4.72 Å². The summed E-state index contributed by atoms with van der Waals surface area (Å²) >= 11 is 0. The number of benzene rings is 1. The molecule has 0 amide bonds. The second-order valence-corrected chi connectivity index (χ2v) is 6.77. The van der Waals surface area contributed by atoms with E-state index >= 15 is 0 Å². The van der Waals surface area contributed by atoms with Crippen LogP contribution in [0.25, 0.3) is 0 Å². The van der Waals surface area contributed by atoms with Crippen LogP contribution in [-0.2, 0) is 21.8 Å². The SMILES string of the molecule is COC(=O)c1cc(S(=O)(=O)Nc2ccc(C)cc2C)cn1C. The fraction of sp³-hybridized carbons (Fsp3) is 0.267. The molecule has 0 fully saturated rings. The van der Waals surface area contributed by atoms with Crippen LogP contribution in [0.15, 0.2) is 35.4 Å². The van der Waals surface area contributed by atoms with E-state index in [1.165, 1.54) is 23.9 Å². The molecule has 0 saturated carbocycles. The minimum absolute atomic E-state index is 0.00961. The number of nitrogens with zero attached hydrogens (tertiary/aromatic N) is 1. The molecular weight excluding hydrogens is 304 g/mol. The van der Waals surface area contributed by atoms with Crippen LogP contribution in [-0.4, -0.2) is 26.1 Å². The number of hydrogen-bond donors (Lipinski definition) is 1. The molecule has 0 saturated heterocycles. The topological polar surface area (TPSA) is 77.4 Å². The molecule has 7 heteroatoms. The maximum atomic E-state index is 12.4. The van der Waals surface area contributed by atoms with Crippen LogP contribution in [0.1, 0.15) is 21.6 Å². The summed E-state index contributed by atoms with van der Waals surface area (Å²) in [5.41, 5.74) is 2.55. The first-order chi connectivity index (χ1) is 10.2. The third kappa shape index (κ3) is 3.14. The Bertz CT molecular complexity index is 822. The van der Waals surface area contributed by atoms with Gasteiger partial charge >= 0.3 is 5.97 Å². The van der Waals surface area contributed by atoms with Crippen molar-refractivity contribution in [2.75, 3.05) is 11.8 Å². The van der Waals surface area contributed by atoms with Gasteiger partial charge in [0.15, 0.2) is 0 Å². The quantitative estimate of drug-likeness (QED) is 0.876. The van der Waals surface area contributed by atoms with E-state index in [4.69, 9.17) is 0 Å². The van der Waals surface area contributed by atoms with E-state index in [9.17, 15) is 13.2 Å². The molecular formula is C15H18N2O4S. The van der Waals surface area contributed by atoms with Gasteiger partial charge in [0.2, 0.25) is 0 Å². The van der Waals surface area contributed by atoms with Crippen molar-refractivity contribution in [3.05, 3.63) is 47.3 Å². The van der Waals surface area contributed by atoms with E-state index in [0.717, 1.165) is 11.1 Å². The molecule has 1 N–H and O–H groups in total. The van der Waals surface area contributed by atoms with Gasteiger partial charge in [0, 0.05) is 13.2 Å². The molecule has 1 heterocycles. The molecule has 0 bridgehead atoms. The monoisotopic (exact) mass is 322 g/mol. The average Bonchev–Trinajstić information content (AvgIpc) is 2.84. The van der Waals surface area contributed by atoms with Gasteiger partial charge in [-0.05, 0) is 31.5 Å². The van der Waals surface area contributed by atoms with E-state index in [0.29, 0.717) is 5.69 Å². The van der Waals surface area contributed by atoms with Crippen molar-refractivity contribution in [2.45, 2.75) is 18.7 Å². The molecule has 1 aromatic carbocycles. The molecule has 0 spiro atoms. The predicted octanol–water partition coefficient (Wildman–Crippen LogP) is 2.23. The number of anilines is 1. The first kappa shape index (κ1) is 16.1. The smallest absolute Gasteiger partial charge is 0.354 e. The highest BCUT2D eigenvalue weighted by Crippen LogP contribution is 2.22. The number of hydrogen-bond acceptors (Lipinski definition) is 4. The summed E-state index contributed by atoms with van der Waals surface area (Å²) in [7, 11) is -0.938. The van der Waals surface area contributed by atoms with Crippen LogP contribution in [0.4, 0.5) is 5.69 Å². The highest BCUT2D eigenvalue weighted by molar-refractivity contribution is 7.92. The minimum atomic E-state index is -3.77. The Morgan fingerprint density at radius 3 is 2.50 bits per heavy atom. The zero-order chi connectivity index (χ0) is 16.5. The Balaban J connectivity index is 2.37. The third-order valence-electron chi connectivity index (χ3n) is 3.31. The fourth-order valence-electron chi connectivity index (χ4n) is 2.12. The summed E-state index contributed by atoms with van der Waals surface area (Å²) in [4.78, 5) is 11.6. The molecule has 1 aromatic heterocycles. The molecule has 0 unspecified atom stereocenters. The van der Waals surface area contributed by atoms with Crippen LogP contribution in [0.3, 0.4) is 0 Å². The number of aryl methyl sites for hydroxylation is 3. The van der Waals surface area contributed by atoms with Crippen LogP contribution in [0.5, 0.6) is 0 Å². The number of aromatic nitrogens is 1. The highest BCUT2D eigenvalue weighted by atomic mass is 32.2. The summed E-state index contributed by atoms with van der Waals surface area (Å²) in [6.45, 7) is 3.76. The molecule has 2 aromatic rings. The second-order valence-electron chi connectivity index (χ2n) is 5.09. The van der Waals surface area contributed by atoms with E-state index in [1.54, 1.807) is 13.1 Å². The lowest BCUT2D eigenvalue weighted by Crippen LogP contribution is -2.13. The summed E-state index contributed by atoms with van der Waals surface area (Å²) < 4.78 is 33.4. The van der Waals surface area contributed by atoms with Crippen molar-refractivity contribution in [3.63, 3.8) is 0 Å². The largest absolute Gasteiger partial charge is 0.464 e. The Hall–Kier alpha value is -2.28. The lowest BCUT2D eigenvalue weighted by molar-refractivity contribution is 0.0590. The van der Waals surface area contributed by atoms with Gasteiger partial charge in [-0.15, -0.1) is 0 Å². The maximum absolute atomic E-state index is 12.4. The lowest BCUT2D eigenvalue weighted by atomic mass is 10.1. The second kappa shape index (κ2) is 5.84. The van der Waals surface area contributed by atoms with Crippen LogP contribution in [0.2, 0.25) is 0 Å². The average molecular weight is 322 g/mol. The van der Waals surface area contributed by atoms with E-state index < -0.39 is 16.0 Å². The highest BCUT2D eigenvalue weighted by Gasteiger charge is 2.21. The number of carbonyl (C=O) groups excluding carboxylic acids is 1. The van der Waals surface area contributed by atoms with Gasteiger partial charge in [-0.25, -0.2) is 13.2 Å². The Morgan fingerprint density at radius 1 is 1.23 bits per heavy atom. The zero-order valence-electron chi connectivity index (χ0n) is 12.9. The summed E-state index contributed by atoms with van der Waals surface area (Å²) in [6.07, 6.45) is 1.37. The molecule has 0 aliphatic carbocycles. The van der Waals surface area contributed by atoms with Crippen molar-refractivity contribution in [2.24, 2.45) is 7.05 Å². The number of ether oxygens (including phenoxy) is 1. The van der Waals surface area contributed by atoms with Gasteiger partial charge in [0.05, 0.1) is 12.8 Å². The number of nitrogens with one attached hydrogen (secondary N) is 1. The van der Waals surface area contributed by atoms with Crippen molar-refractivity contribution in [3.8, 4) is 0 Å². The third-order valence-corrected chi connectivity index (χ3v) is 4.64. The molecule has 2 rings (SSSR count). The standard InChI is InChI=1S/C15H18N2O4S/c1-10-5-6-13(11(2)7-10)16-22(19,20)12-8-14(15(18)21-4)17(3)9-12/h5-9,16H,1-4H3. The maximum Gasteiger partial charge on any atom is 0.354 e. The van der Waals surface area contributed by atoms with E-state index in [1.807, 2.05) is 26.0 Å². The van der Waals surface area contributed by atoms with Crippen molar-refractivity contribution in [1.82, 2.24) is 4.57 Å². The molecule has 22 heavy (non-hydrogen) atoms. The van der Waals surface area contributed by atoms with Gasteiger partial charge in [-0.1, -0.05) is 17.7 Å². The van der Waals surface area contributed by atoms with Crippen LogP contribution >= 0.6 is 0 Å². The zero-order valence-corrected chi connectivity index (χ0v) is 13.7. The predicted molar refractivity (Wildman–Crippen MR) is 83.5 cm³/mol. The molecule has 0 aliphatic rings. The minimum Gasteiger partial charge on any atom is -0.464 e. The first-order valence-corrected chi connectivity index (χ1v) is 8.07. The molecule has 0 aliphatic heterocycles. The number of esters is 1. The Kier molecular flexibility index (Phi) is 4.27. The fourth-order valence-corrected chi connectivity index (χ4v) is 3.32. The normalized spacial score (nSPS) is 11.3. The van der Waals surface area contributed by atoms with Gasteiger partial charge < -0.3 is 9.30 Å². The Morgan fingerprint density at radius 2 is 1.91 bits per heavy atom. The van der Waals surface area contributed by atoms with Crippen molar-refractivity contribution in [1.29, 1.82) is 0 Å². The van der Waals surface area contributed by atoms with Gasteiger partial charge in [0.25, 0.3) is 10.0 Å². The molecule has 0 atom stereocenters. The number of rotatable bonds is 4. The van der Waals surface area contributed by atoms with Gasteiger partial charge in [0.1, 0.15) is 10.6 Å². The lowest BCUT2D eigenvalue weighted by Gasteiger charge is -2.10. The number of methoxy groups -OCH3 is 1. The van der Waals surface area contributed by atoms with Crippen LogP contribution < -0.4 is 4.72 Å². The summed E-state index contributed by atoms with van der Waals surface area (Å²) in [5, 5.41) is 0. The molecule has 6 nitrogen and oxygen atoms in total. The van der Waals surface area contributed by atoms with Crippen LogP contribution in [0, 0.1) is 13.8 Å². The molecule has 0 radical (unpaired) electrons. The summed E-state index contributed by atoms with van der Waals surface area (Å²) in [6, 6.07) is 6.72. The van der Waals surface area contributed by atoms with Crippen molar-refractivity contribution < 1.29 is 17.9 Å². The summed E-state index contributed by atoms with van der Waals surface area (Å²) in [5.74, 6) is -0.588. The molecule has 118 valence electrons. The van der Waals surface area contributed by atoms with Gasteiger partial charge in [-0.2, -0.15) is 0 Å². The Labute approximate surface area is 129 Å². The number of carbonyl (C=O) groups is 1. The number of sulfonamides is 1. The first-order valence-electron chi connectivity index (χ1n) is 6.59.